The summed E-state index contributed by atoms with van der Waals surface area (Å²) in [7, 11) is 0. The van der Waals surface area contributed by atoms with E-state index in [0.29, 0.717) is 44.0 Å². The van der Waals surface area contributed by atoms with Crippen molar-refractivity contribution in [1.29, 1.82) is 0 Å². The monoisotopic (exact) mass is 676 g/mol. The average molecular weight is 677 g/mol. The first-order valence-corrected chi connectivity index (χ1v) is 19.3. The maximum Gasteiger partial charge on any atom is 0.315 e. The molecule has 2 saturated heterocycles. The minimum Gasteiger partial charge on any atom is -0.392 e. The SMILES string of the molecule is CCCC[C@H](O)/C=C/[C@H]1C(=O)C[C@@H](O)[C@H]1C/C=C\CCCCC(=O)NCCCCCCNC(=O)CCCC[C@H]1SC[C@H]2NC(=O)N[C@@H]21. The molecule has 4 amide bonds. The molecular weight excluding hydrogens is 616 g/mol. The molecule has 1 saturated carbocycles. The van der Waals surface area contributed by atoms with Gasteiger partial charge in [0.1, 0.15) is 5.78 Å². The predicted octanol–water partition coefficient (Wildman–Crippen LogP) is 4.69. The van der Waals surface area contributed by atoms with Gasteiger partial charge in [-0.2, -0.15) is 11.8 Å². The standard InChI is InChI=1S/C36H60N4O6S/c1-2-3-15-26(41)20-21-28-27(30(42)24-31(28)43)16-9-5-4-6-10-18-33(44)37-22-13-7-8-14-23-38-34(45)19-12-11-17-32-35-29(25-47-32)39-36(46)40-35/h5,9,20-21,26-30,32,35,41-42H,2-4,6-8,10-19,22-25H2,1H3,(H,37,44)(H,38,45)(H2,39,40,46)/b9-5-,21-20+/t26-,27-,28+,29+,30+,32+,35-/m0/s1. The van der Waals surface area contributed by atoms with Gasteiger partial charge in [0.2, 0.25) is 11.8 Å². The maximum absolute atomic E-state index is 12.4. The van der Waals surface area contributed by atoms with Crippen molar-refractivity contribution < 1.29 is 29.4 Å². The highest BCUT2D eigenvalue weighted by Crippen LogP contribution is 2.34. The van der Waals surface area contributed by atoms with E-state index in [1.807, 2.05) is 17.8 Å². The second-order valence-corrected chi connectivity index (χ2v) is 14.7. The largest absolute Gasteiger partial charge is 0.392 e. The van der Waals surface area contributed by atoms with Gasteiger partial charge >= 0.3 is 6.03 Å². The molecule has 6 N–H and O–H groups in total. The first-order valence-electron chi connectivity index (χ1n) is 18.2. The molecule has 3 rings (SSSR count). The number of carbonyl (C=O) groups is 4. The zero-order valence-electron chi connectivity index (χ0n) is 28.4. The lowest BCUT2D eigenvalue weighted by molar-refractivity contribution is -0.122. The number of amides is 4. The van der Waals surface area contributed by atoms with E-state index in [9.17, 15) is 29.4 Å². The molecule has 10 nitrogen and oxygen atoms in total. The maximum atomic E-state index is 12.4. The van der Waals surface area contributed by atoms with Gasteiger partial charge in [-0.25, -0.2) is 4.79 Å². The molecule has 266 valence electrons. The molecule has 7 atom stereocenters. The van der Waals surface area contributed by atoms with Crippen LogP contribution in [0.5, 0.6) is 0 Å². The topological polar surface area (TPSA) is 157 Å². The Morgan fingerprint density at radius 3 is 2.34 bits per heavy atom. The van der Waals surface area contributed by atoms with Gasteiger partial charge in [-0.05, 0) is 57.8 Å². The summed E-state index contributed by atoms with van der Waals surface area (Å²) in [5.74, 6) is 0.717. The molecule has 0 aromatic carbocycles. The van der Waals surface area contributed by atoms with E-state index in [0.717, 1.165) is 82.8 Å². The number of aliphatic hydroxyl groups excluding tert-OH is 2. The van der Waals surface area contributed by atoms with Crippen LogP contribution >= 0.6 is 11.8 Å². The van der Waals surface area contributed by atoms with Crippen molar-refractivity contribution >= 4 is 35.4 Å². The van der Waals surface area contributed by atoms with E-state index < -0.39 is 12.2 Å². The van der Waals surface area contributed by atoms with Crippen molar-refractivity contribution in [2.45, 2.75) is 146 Å². The van der Waals surface area contributed by atoms with E-state index in [1.165, 1.54) is 0 Å². The highest BCUT2D eigenvalue weighted by molar-refractivity contribution is 8.00. The number of hydrogen-bond donors (Lipinski definition) is 6. The van der Waals surface area contributed by atoms with Crippen molar-refractivity contribution in [1.82, 2.24) is 21.3 Å². The van der Waals surface area contributed by atoms with Gasteiger partial charge in [0.05, 0.1) is 24.3 Å². The number of unbranched alkanes of at least 4 members (excludes halogenated alkanes) is 7. The van der Waals surface area contributed by atoms with E-state index >= 15 is 0 Å². The minimum atomic E-state index is -0.641. The summed E-state index contributed by atoms with van der Waals surface area (Å²) in [5.41, 5.74) is 0. The van der Waals surface area contributed by atoms with E-state index in [-0.39, 0.29) is 54.0 Å². The van der Waals surface area contributed by atoms with Crippen LogP contribution in [0, 0.1) is 11.8 Å². The van der Waals surface area contributed by atoms with Crippen LogP contribution in [0.15, 0.2) is 24.3 Å². The van der Waals surface area contributed by atoms with Crippen LogP contribution in [0.4, 0.5) is 4.79 Å². The summed E-state index contributed by atoms with van der Waals surface area (Å²) >= 11 is 1.91. The van der Waals surface area contributed by atoms with Gasteiger partial charge in [-0.1, -0.05) is 63.3 Å². The molecule has 3 fully saturated rings. The molecule has 0 aromatic heterocycles. The predicted molar refractivity (Wildman–Crippen MR) is 188 cm³/mol. The molecule has 0 spiro atoms. The van der Waals surface area contributed by atoms with Gasteiger partial charge in [-0.3, -0.25) is 14.4 Å². The first-order chi connectivity index (χ1) is 22.8. The molecule has 11 heteroatoms. The second kappa shape index (κ2) is 22.3. The van der Waals surface area contributed by atoms with Gasteiger partial charge in [0.25, 0.3) is 0 Å². The Hall–Kier alpha value is -2.37. The van der Waals surface area contributed by atoms with Crippen LogP contribution in [-0.2, 0) is 14.4 Å². The van der Waals surface area contributed by atoms with Crippen LogP contribution in [0.3, 0.4) is 0 Å². The van der Waals surface area contributed by atoms with E-state index in [2.05, 4.69) is 34.3 Å². The lowest BCUT2D eigenvalue weighted by Crippen LogP contribution is -2.36. The molecule has 3 aliphatic rings. The highest BCUT2D eigenvalue weighted by atomic mass is 32.2. The summed E-state index contributed by atoms with van der Waals surface area (Å²) in [6.45, 7) is 3.45. The molecule has 2 heterocycles. The van der Waals surface area contributed by atoms with Gasteiger partial charge in [-0.15, -0.1) is 0 Å². The minimum absolute atomic E-state index is 0.0421. The molecule has 0 bridgehead atoms. The lowest BCUT2D eigenvalue weighted by atomic mass is 9.90. The van der Waals surface area contributed by atoms with Crippen molar-refractivity contribution in [3.8, 4) is 0 Å². The van der Waals surface area contributed by atoms with Gasteiger partial charge in [0, 0.05) is 55.2 Å². The number of ketones is 1. The Morgan fingerprint density at radius 2 is 1.64 bits per heavy atom. The quantitative estimate of drug-likeness (QED) is 0.0492. The zero-order chi connectivity index (χ0) is 33.9. The third-order valence-electron chi connectivity index (χ3n) is 9.56. The molecular formula is C36H60N4O6S. The van der Waals surface area contributed by atoms with Crippen molar-refractivity contribution in [3.63, 3.8) is 0 Å². The second-order valence-electron chi connectivity index (χ2n) is 13.5. The number of carbonyl (C=O) groups excluding carboxylic acids is 4. The summed E-state index contributed by atoms with van der Waals surface area (Å²) < 4.78 is 0. The number of rotatable bonds is 24. The normalized spacial score (nSPS) is 26.1. The van der Waals surface area contributed by atoms with Crippen LogP contribution in [-0.4, -0.2) is 82.2 Å². The zero-order valence-corrected chi connectivity index (χ0v) is 29.2. The number of fused-ring (bicyclic) bond motifs is 1. The van der Waals surface area contributed by atoms with Crippen molar-refractivity contribution in [2.75, 3.05) is 18.8 Å². The smallest absolute Gasteiger partial charge is 0.315 e. The summed E-state index contributed by atoms with van der Waals surface area (Å²) in [6.07, 6.45) is 20.3. The Bertz CT molecular complexity index is 1040. The van der Waals surface area contributed by atoms with Gasteiger partial charge < -0.3 is 31.5 Å². The number of urea groups is 1. The number of nitrogens with one attached hydrogen (secondary N) is 4. The molecule has 47 heavy (non-hydrogen) atoms. The van der Waals surface area contributed by atoms with E-state index in [4.69, 9.17) is 0 Å². The van der Waals surface area contributed by atoms with Crippen LogP contribution in [0.25, 0.3) is 0 Å². The number of Topliss-reactive ketones (excluding diaryl/α,β-unsaturated/α-hetero) is 1. The highest BCUT2D eigenvalue weighted by Gasteiger charge is 2.42. The third kappa shape index (κ3) is 14.7. The fraction of sp³-hybridized carbons (Fsp3) is 0.778. The Balaban J connectivity index is 1.10. The Kier molecular flexibility index (Phi) is 18.5. The average Bonchev–Trinajstić information content (AvgIpc) is 3.68. The lowest BCUT2D eigenvalue weighted by Gasteiger charge is -2.17. The third-order valence-corrected chi connectivity index (χ3v) is 11.1. The van der Waals surface area contributed by atoms with Crippen LogP contribution in [0.2, 0.25) is 0 Å². The molecule has 1 aliphatic carbocycles. The summed E-state index contributed by atoms with van der Waals surface area (Å²) in [5, 5.41) is 32.9. The fourth-order valence-corrected chi connectivity index (χ4v) is 8.26. The molecule has 0 radical (unpaired) electrons. The van der Waals surface area contributed by atoms with Gasteiger partial charge in [0.15, 0.2) is 0 Å². The Morgan fingerprint density at radius 1 is 0.936 bits per heavy atom. The molecule has 0 aromatic rings. The number of allylic oxidation sites excluding steroid dienone is 3. The fourth-order valence-electron chi connectivity index (χ4n) is 6.71. The molecule has 0 unspecified atom stereocenters. The van der Waals surface area contributed by atoms with Crippen molar-refractivity contribution in [3.05, 3.63) is 24.3 Å². The molecule has 2 aliphatic heterocycles. The van der Waals surface area contributed by atoms with Crippen LogP contribution < -0.4 is 21.3 Å². The Labute approximate surface area is 286 Å². The number of hydrogen-bond acceptors (Lipinski definition) is 7. The van der Waals surface area contributed by atoms with Crippen molar-refractivity contribution in [2.24, 2.45) is 11.8 Å². The van der Waals surface area contributed by atoms with E-state index in [1.54, 1.807) is 12.2 Å². The number of aliphatic hydroxyl groups is 2. The van der Waals surface area contributed by atoms with Crippen LogP contribution in [0.1, 0.15) is 116 Å². The summed E-state index contributed by atoms with van der Waals surface area (Å²) in [6, 6.07) is 0.426. The summed E-state index contributed by atoms with van der Waals surface area (Å²) in [4.78, 5) is 48.1. The number of thioether (sulfide) groups is 1. The first kappa shape index (κ1) is 39.1.